The van der Waals surface area contributed by atoms with Crippen molar-refractivity contribution in [3.05, 3.63) is 71.8 Å². The molecule has 0 amide bonds. The van der Waals surface area contributed by atoms with Crippen LogP contribution in [-0.2, 0) is 10.4 Å². The first-order chi connectivity index (χ1) is 12.8. The smallest absolute Gasteiger partial charge is 0.154 e. The highest BCUT2D eigenvalue weighted by molar-refractivity contribution is 5.81. The van der Waals surface area contributed by atoms with Crippen LogP contribution in [0, 0.1) is 0 Å². The van der Waals surface area contributed by atoms with Gasteiger partial charge in [-0.1, -0.05) is 60.7 Å². The second-order valence-electron chi connectivity index (χ2n) is 7.37. The molecule has 0 aromatic heterocycles. The fourth-order valence-electron chi connectivity index (χ4n) is 3.45. The molecule has 1 aliphatic heterocycles. The van der Waals surface area contributed by atoms with Gasteiger partial charge in [-0.05, 0) is 30.9 Å². The van der Waals surface area contributed by atoms with Crippen LogP contribution < -0.4 is 5.11 Å². The largest absolute Gasteiger partial charge is 0.546 e. The molecule has 0 aliphatic carbocycles. The van der Waals surface area contributed by atoms with Crippen LogP contribution in [0.4, 0.5) is 0 Å². The summed E-state index contributed by atoms with van der Waals surface area (Å²) in [5.74, 6) is -1.53. The highest BCUT2D eigenvalue weighted by Gasteiger charge is 2.33. The summed E-state index contributed by atoms with van der Waals surface area (Å²) < 4.78 is 1.06. The van der Waals surface area contributed by atoms with Crippen molar-refractivity contribution in [3.63, 3.8) is 0 Å². The van der Waals surface area contributed by atoms with Gasteiger partial charge in [0.15, 0.2) is 5.60 Å². The first-order valence-corrected chi connectivity index (χ1v) is 9.38. The number of carbonyl (C=O) groups is 1. The number of carbonyl (C=O) groups excluding carboxylic acids is 1. The van der Waals surface area contributed by atoms with Gasteiger partial charge in [0, 0.05) is 0 Å². The summed E-state index contributed by atoms with van der Waals surface area (Å²) in [7, 11) is 2.22. The maximum Gasteiger partial charge on any atom is 0.154 e. The van der Waals surface area contributed by atoms with E-state index in [1.807, 2.05) is 0 Å². The van der Waals surface area contributed by atoms with E-state index in [1.165, 1.54) is 13.0 Å². The van der Waals surface area contributed by atoms with Gasteiger partial charge in [-0.3, -0.25) is 0 Å². The minimum absolute atomic E-state index is 0.0429. The Labute approximate surface area is 161 Å². The Morgan fingerprint density at radius 1 is 1.11 bits per heavy atom. The second-order valence-corrected chi connectivity index (χ2v) is 7.37. The lowest BCUT2D eigenvalue weighted by Gasteiger charge is -2.38. The number of nitrogens with zero attached hydrogens (tertiary/aromatic N) is 1. The van der Waals surface area contributed by atoms with Gasteiger partial charge in [-0.2, -0.15) is 0 Å². The SMILES string of the molecule is CC[N+]1(C)CCCC(O)C1.O=C([O-])C(O)(c1ccccc1)c1ccccc1. The summed E-state index contributed by atoms with van der Waals surface area (Å²) in [6, 6.07) is 16.4. The van der Waals surface area contributed by atoms with E-state index < -0.39 is 11.6 Å². The quantitative estimate of drug-likeness (QED) is 0.794. The number of piperidine rings is 1. The molecule has 27 heavy (non-hydrogen) atoms. The van der Waals surface area contributed by atoms with E-state index >= 15 is 0 Å². The molecule has 5 heteroatoms. The van der Waals surface area contributed by atoms with Crippen molar-refractivity contribution < 1.29 is 24.6 Å². The first kappa shape index (κ1) is 21.1. The minimum Gasteiger partial charge on any atom is -0.546 e. The molecular formula is C22H29NO4. The zero-order valence-corrected chi connectivity index (χ0v) is 16.0. The van der Waals surface area contributed by atoms with Gasteiger partial charge in [-0.15, -0.1) is 0 Å². The van der Waals surface area contributed by atoms with E-state index in [9.17, 15) is 20.1 Å². The molecule has 2 aromatic carbocycles. The van der Waals surface area contributed by atoms with Crippen molar-refractivity contribution in [2.24, 2.45) is 0 Å². The fourth-order valence-corrected chi connectivity index (χ4v) is 3.45. The topological polar surface area (TPSA) is 80.6 Å². The Balaban J connectivity index is 0.000000223. The summed E-state index contributed by atoms with van der Waals surface area (Å²) in [4.78, 5) is 11.3. The van der Waals surface area contributed by atoms with Crippen molar-refractivity contribution >= 4 is 5.97 Å². The molecule has 146 valence electrons. The third kappa shape index (κ3) is 5.16. The monoisotopic (exact) mass is 371 g/mol. The number of hydrogen-bond donors (Lipinski definition) is 2. The summed E-state index contributed by atoms with van der Waals surface area (Å²) >= 11 is 0. The maximum atomic E-state index is 11.3. The van der Waals surface area contributed by atoms with Crippen LogP contribution in [0.3, 0.4) is 0 Å². The van der Waals surface area contributed by atoms with Gasteiger partial charge in [-0.25, -0.2) is 0 Å². The van der Waals surface area contributed by atoms with Crippen LogP contribution in [-0.4, -0.2) is 53.5 Å². The molecule has 2 aromatic rings. The van der Waals surface area contributed by atoms with Crippen LogP contribution in [0.2, 0.25) is 0 Å². The van der Waals surface area contributed by atoms with Gasteiger partial charge in [0.2, 0.25) is 0 Å². The first-order valence-electron chi connectivity index (χ1n) is 9.38. The van der Waals surface area contributed by atoms with Crippen LogP contribution >= 0.6 is 0 Å². The molecule has 1 aliphatic rings. The lowest BCUT2D eigenvalue weighted by Crippen LogP contribution is -2.52. The van der Waals surface area contributed by atoms with Crippen molar-refractivity contribution in [1.29, 1.82) is 0 Å². The van der Waals surface area contributed by atoms with E-state index in [0.717, 1.165) is 24.0 Å². The number of quaternary nitrogens is 1. The average Bonchev–Trinajstić information content (AvgIpc) is 2.69. The van der Waals surface area contributed by atoms with Crippen molar-refractivity contribution in [1.82, 2.24) is 0 Å². The third-order valence-electron chi connectivity index (χ3n) is 5.33. The van der Waals surface area contributed by atoms with Crippen molar-refractivity contribution in [2.75, 3.05) is 26.7 Å². The molecule has 0 saturated carbocycles. The number of hydrogen-bond acceptors (Lipinski definition) is 4. The third-order valence-corrected chi connectivity index (χ3v) is 5.33. The number of aliphatic hydroxyl groups excluding tert-OH is 1. The lowest BCUT2D eigenvalue weighted by atomic mass is 9.86. The number of benzene rings is 2. The molecule has 2 atom stereocenters. The summed E-state index contributed by atoms with van der Waals surface area (Å²) in [5, 5.41) is 31.0. The highest BCUT2D eigenvalue weighted by Crippen LogP contribution is 2.28. The predicted molar refractivity (Wildman–Crippen MR) is 103 cm³/mol. The van der Waals surface area contributed by atoms with Gasteiger partial charge in [0.05, 0.1) is 26.1 Å². The summed E-state index contributed by atoms with van der Waals surface area (Å²) in [5.41, 5.74) is -1.54. The lowest BCUT2D eigenvalue weighted by molar-refractivity contribution is -0.915. The number of carboxylic acid groups (broad SMARTS) is 1. The Kier molecular flexibility index (Phi) is 7.13. The molecule has 0 spiro atoms. The van der Waals surface area contributed by atoms with E-state index in [2.05, 4.69) is 14.0 Å². The molecule has 3 rings (SSSR count). The van der Waals surface area contributed by atoms with Gasteiger partial charge in [0.1, 0.15) is 12.6 Å². The van der Waals surface area contributed by atoms with E-state index in [0.29, 0.717) is 0 Å². The van der Waals surface area contributed by atoms with Gasteiger partial charge in [0.25, 0.3) is 0 Å². The molecule has 2 unspecified atom stereocenters. The standard InChI is InChI=1S/C14H12O3.C8H18NO/c15-13(16)14(17,11-7-3-1-4-8-11)12-9-5-2-6-10-12;1-3-9(2)6-4-5-8(10)7-9/h1-10,17H,(H,15,16);8,10H,3-7H2,1-2H3/q;+1/p-1. The summed E-state index contributed by atoms with van der Waals surface area (Å²) in [6.45, 7) is 5.54. The van der Waals surface area contributed by atoms with Gasteiger partial charge < -0.3 is 24.6 Å². The van der Waals surface area contributed by atoms with Crippen molar-refractivity contribution in [3.8, 4) is 0 Å². The molecule has 1 saturated heterocycles. The molecule has 0 radical (unpaired) electrons. The number of rotatable bonds is 4. The van der Waals surface area contributed by atoms with Crippen LogP contribution in [0.25, 0.3) is 0 Å². The number of likely N-dealkylation sites (tertiary alicyclic amines) is 1. The highest BCUT2D eigenvalue weighted by atomic mass is 16.4. The van der Waals surface area contributed by atoms with Gasteiger partial charge >= 0.3 is 0 Å². The van der Waals surface area contributed by atoms with Crippen molar-refractivity contribution in [2.45, 2.75) is 31.5 Å². The zero-order chi connectivity index (χ0) is 19.9. The minimum atomic E-state index is -2.11. The van der Waals surface area contributed by atoms with Crippen LogP contribution in [0.1, 0.15) is 30.9 Å². The Hall–Kier alpha value is -2.21. The molecule has 2 N–H and O–H groups in total. The van der Waals surface area contributed by atoms with E-state index in [1.54, 1.807) is 60.7 Å². The zero-order valence-electron chi connectivity index (χ0n) is 16.0. The Morgan fingerprint density at radius 2 is 1.59 bits per heavy atom. The maximum absolute atomic E-state index is 11.3. The van der Waals surface area contributed by atoms with E-state index in [4.69, 9.17) is 0 Å². The summed E-state index contributed by atoms with van der Waals surface area (Å²) in [6.07, 6.45) is 2.15. The van der Waals surface area contributed by atoms with Crippen LogP contribution in [0.5, 0.6) is 0 Å². The molecule has 1 fully saturated rings. The molecule has 5 nitrogen and oxygen atoms in total. The van der Waals surface area contributed by atoms with Crippen LogP contribution in [0.15, 0.2) is 60.7 Å². The number of aliphatic carboxylic acids is 1. The number of aliphatic hydroxyl groups is 2. The molecular weight excluding hydrogens is 342 g/mol. The second kappa shape index (κ2) is 9.13. The normalized spacial score (nSPS) is 22.4. The average molecular weight is 371 g/mol. The Bertz CT molecular complexity index is 680. The number of likely N-dealkylation sites (N-methyl/N-ethyl adjacent to an activating group) is 1. The Morgan fingerprint density at radius 3 is 1.93 bits per heavy atom. The fraction of sp³-hybridized carbons (Fsp3) is 0.409. The molecule has 0 bridgehead atoms. The van der Waals surface area contributed by atoms with E-state index in [-0.39, 0.29) is 17.2 Å². The number of carboxylic acids is 1. The molecule has 1 heterocycles. The predicted octanol–water partition coefficient (Wildman–Crippen LogP) is 1.28.